The van der Waals surface area contributed by atoms with Gasteiger partial charge in [0.15, 0.2) is 5.16 Å². The molecule has 1 amide bonds. The number of amides is 1. The zero-order valence-corrected chi connectivity index (χ0v) is 22.7. The maximum Gasteiger partial charge on any atom is 0.266 e. The molecular formula is C32H26FN3O3S. The van der Waals surface area contributed by atoms with Gasteiger partial charge in [0, 0.05) is 30.5 Å². The van der Waals surface area contributed by atoms with Crippen molar-refractivity contribution in [2.45, 2.75) is 23.9 Å². The SMILES string of the molecule is COc1cccc(-n2c(SCc3cccc(F)c3)nc3cc(C(=O)N4CCc5ccccc5C4)ccc3c2=O)c1. The van der Waals surface area contributed by atoms with Crippen molar-refractivity contribution >= 4 is 28.6 Å². The van der Waals surface area contributed by atoms with Crippen LogP contribution in [-0.2, 0) is 18.7 Å². The van der Waals surface area contributed by atoms with Crippen molar-refractivity contribution in [3.05, 3.63) is 129 Å². The lowest BCUT2D eigenvalue weighted by Crippen LogP contribution is -2.36. The minimum absolute atomic E-state index is 0.0934. The van der Waals surface area contributed by atoms with Crippen molar-refractivity contribution < 1.29 is 13.9 Å². The first-order chi connectivity index (χ1) is 19.5. The second kappa shape index (κ2) is 11.0. The summed E-state index contributed by atoms with van der Waals surface area (Å²) in [4.78, 5) is 34.0. The van der Waals surface area contributed by atoms with E-state index in [9.17, 15) is 14.0 Å². The molecule has 4 aromatic carbocycles. The lowest BCUT2D eigenvalue weighted by Gasteiger charge is -2.29. The van der Waals surface area contributed by atoms with Gasteiger partial charge in [-0.25, -0.2) is 9.37 Å². The predicted molar refractivity (Wildman–Crippen MR) is 155 cm³/mol. The predicted octanol–water partition coefficient (Wildman–Crippen LogP) is 6.02. The van der Waals surface area contributed by atoms with Crippen LogP contribution >= 0.6 is 11.8 Å². The summed E-state index contributed by atoms with van der Waals surface area (Å²) in [7, 11) is 1.57. The second-order valence-electron chi connectivity index (χ2n) is 9.63. The minimum atomic E-state index is -0.321. The van der Waals surface area contributed by atoms with Gasteiger partial charge in [0.25, 0.3) is 11.5 Å². The van der Waals surface area contributed by atoms with E-state index in [1.165, 1.54) is 34.0 Å². The lowest BCUT2D eigenvalue weighted by atomic mass is 9.99. The molecule has 0 bridgehead atoms. The van der Waals surface area contributed by atoms with E-state index in [1.54, 1.807) is 43.5 Å². The van der Waals surface area contributed by atoms with E-state index in [-0.39, 0.29) is 17.3 Å². The summed E-state index contributed by atoms with van der Waals surface area (Å²) in [6.07, 6.45) is 0.805. The summed E-state index contributed by atoms with van der Waals surface area (Å²) in [6, 6.07) is 26.8. The Labute approximate surface area is 235 Å². The number of carbonyl (C=O) groups excluding carboxylic acids is 1. The summed E-state index contributed by atoms with van der Waals surface area (Å²) in [5.41, 5.74) is 4.46. The molecule has 5 aromatic rings. The number of fused-ring (bicyclic) bond motifs is 2. The molecule has 0 N–H and O–H groups in total. The van der Waals surface area contributed by atoms with Crippen molar-refractivity contribution in [2.24, 2.45) is 0 Å². The van der Waals surface area contributed by atoms with E-state index in [4.69, 9.17) is 9.72 Å². The number of aromatic nitrogens is 2. The number of nitrogens with zero attached hydrogens (tertiary/aromatic N) is 3. The average molecular weight is 552 g/mol. The highest BCUT2D eigenvalue weighted by atomic mass is 32.2. The first kappa shape index (κ1) is 25.8. The van der Waals surface area contributed by atoms with Crippen molar-refractivity contribution in [3.8, 4) is 11.4 Å². The molecule has 0 aliphatic carbocycles. The molecule has 0 fully saturated rings. The molecule has 40 heavy (non-hydrogen) atoms. The fraction of sp³-hybridized carbons (Fsp3) is 0.156. The molecule has 200 valence electrons. The van der Waals surface area contributed by atoms with E-state index in [0.717, 1.165) is 17.5 Å². The van der Waals surface area contributed by atoms with Crippen LogP contribution < -0.4 is 10.3 Å². The molecule has 0 saturated carbocycles. The van der Waals surface area contributed by atoms with E-state index in [2.05, 4.69) is 12.1 Å². The highest BCUT2D eigenvalue weighted by Crippen LogP contribution is 2.27. The van der Waals surface area contributed by atoms with Crippen LogP contribution in [0.4, 0.5) is 4.39 Å². The van der Waals surface area contributed by atoms with Crippen LogP contribution in [-0.4, -0.2) is 34.0 Å². The molecule has 6 rings (SSSR count). The quantitative estimate of drug-likeness (QED) is 0.191. The lowest BCUT2D eigenvalue weighted by molar-refractivity contribution is 0.0735. The highest BCUT2D eigenvalue weighted by molar-refractivity contribution is 7.98. The largest absolute Gasteiger partial charge is 0.497 e. The van der Waals surface area contributed by atoms with Gasteiger partial charge in [0.05, 0.1) is 23.7 Å². The zero-order chi connectivity index (χ0) is 27.6. The van der Waals surface area contributed by atoms with Crippen LogP contribution in [0.1, 0.15) is 27.0 Å². The molecule has 0 unspecified atom stereocenters. The van der Waals surface area contributed by atoms with Gasteiger partial charge in [-0.1, -0.05) is 54.2 Å². The van der Waals surface area contributed by atoms with Crippen molar-refractivity contribution in [1.29, 1.82) is 0 Å². The highest BCUT2D eigenvalue weighted by Gasteiger charge is 2.23. The van der Waals surface area contributed by atoms with Crippen LogP contribution in [0.25, 0.3) is 16.6 Å². The first-order valence-electron chi connectivity index (χ1n) is 12.9. The zero-order valence-electron chi connectivity index (χ0n) is 21.8. The number of rotatable bonds is 6. The van der Waals surface area contributed by atoms with Crippen LogP contribution in [0, 0.1) is 5.82 Å². The maximum absolute atomic E-state index is 13.8. The van der Waals surface area contributed by atoms with Crippen molar-refractivity contribution in [1.82, 2.24) is 14.5 Å². The Morgan fingerprint density at radius 1 is 0.975 bits per heavy atom. The fourth-order valence-corrected chi connectivity index (χ4v) is 5.95. The molecule has 1 aliphatic heterocycles. The summed E-state index contributed by atoms with van der Waals surface area (Å²) < 4.78 is 20.7. The van der Waals surface area contributed by atoms with E-state index in [0.29, 0.717) is 51.9 Å². The Bertz CT molecular complexity index is 1800. The molecule has 8 heteroatoms. The third-order valence-electron chi connectivity index (χ3n) is 7.07. The van der Waals surface area contributed by atoms with Gasteiger partial charge >= 0.3 is 0 Å². The molecule has 2 heterocycles. The fourth-order valence-electron chi connectivity index (χ4n) is 5.00. The molecular weight excluding hydrogens is 525 g/mol. The number of hydrogen-bond donors (Lipinski definition) is 0. The Kier molecular flexibility index (Phi) is 7.09. The second-order valence-corrected chi connectivity index (χ2v) is 10.6. The molecule has 6 nitrogen and oxygen atoms in total. The summed E-state index contributed by atoms with van der Waals surface area (Å²) in [6.45, 7) is 1.18. The Morgan fingerprint density at radius 3 is 2.62 bits per heavy atom. The van der Waals surface area contributed by atoms with Gasteiger partial charge in [-0.3, -0.25) is 14.2 Å². The first-order valence-corrected chi connectivity index (χ1v) is 13.9. The molecule has 0 atom stereocenters. The van der Waals surface area contributed by atoms with E-state index >= 15 is 0 Å². The van der Waals surface area contributed by atoms with Gasteiger partial charge in [0.1, 0.15) is 11.6 Å². The summed E-state index contributed by atoms with van der Waals surface area (Å²) in [5, 5.41) is 0.838. The molecule has 0 radical (unpaired) electrons. The number of halogens is 1. The molecule has 1 aromatic heterocycles. The van der Waals surface area contributed by atoms with Crippen LogP contribution in [0.3, 0.4) is 0 Å². The number of carbonyl (C=O) groups is 1. The third kappa shape index (κ3) is 5.10. The number of thioether (sulfide) groups is 1. The number of ether oxygens (including phenoxy) is 1. The summed E-state index contributed by atoms with van der Waals surface area (Å²) in [5.74, 6) is 0.600. The minimum Gasteiger partial charge on any atom is -0.497 e. The van der Waals surface area contributed by atoms with Gasteiger partial charge < -0.3 is 9.64 Å². The monoisotopic (exact) mass is 551 g/mol. The smallest absolute Gasteiger partial charge is 0.266 e. The van der Waals surface area contributed by atoms with Crippen LogP contribution in [0.2, 0.25) is 0 Å². The maximum atomic E-state index is 13.8. The van der Waals surface area contributed by atoms with Gasteiger partial charge in [-0.05, 0) is 65.6 Å². The normalized spacial score (nSPS) is 12.8. The average Bonchev–Trinajstić information content (AvgIpc) is 2.99. The molecule has 0 saturated heterocycles. The van der Waals surface area contributed by atoms with Crippen molar-refractivity contribution in [3.63, 3.8) is 0 Å². The Hall–Kier alpha value is -4.43. The Morgan fingerprint density at radius 2 is 1.80 bits per heavy atom. The molecule has 0 spiro atoms. The van der Waals surface area contributed by atoms with Gasteiger partial charge in [-0.15, -0.1) is 0 Å². The number of methoxy groups -OCH3 is 1. The molecule has 1 aliphatic rings. The van der Waals surface area contributed by atoms with E-state index in [1.807, 2.05) is 35.2 Å². The van der Waals surface area contributed by atoms with E-state index < -0.39 is 0 Å². The number of benzene rings is 4. The van der Waals surface area contributed by atoms with Crippen LogP contribution in [0.5, 0.6) is 5.75 Å². The van der Waals surface area contributed by atoms with Crippen LogP contribution in [0.15, 0.2) is 101 Å². The van der Waals surface area contributed by atoms with Crippen molar-refractivity contribution in [2.75, 3.05) is 13.7 Å². The van der Waals surface area contributed by atoms with Gasteiger partial charge in [0.2, 0.25) is 0 Å². The topological polar surface area (TPSA) is 64.4 Å². The third-order valence-corrected chi connectivity index (χ3v) is 8.08. The van der Waals surface area contributed by atoms with Gasteiger partial charge in [-0.2, -0.15) is 0 Å². The standard InChI is InChI=1S/C32H26FN3O3S/c1-39-27-11-5-10-26(18-27)36-31(38)28-13-12-23(30(37)35-15-14-22-7-2-3-8-24(22)19-35)17-29(28)34-32(36)40-20-21-6-4-9-25(33)16-21/h2-13,16-18H,14-15,19-20H2,1H3. The number of hydrogen-bond acceptors (Lipinski definition) is 5. The summed E-state index contributed by atoms with van der Waals surface area (Å²) >= 11 is 1.33. The Balaban J connectivity index is 1.40.